The zero-order valence-electron chi connectivity index (χ0n) is 13.4. The van der Waals surface area contributed by atoms with Gasteiger partial charge in [-0.15, -0.1) is 0 Å². The zero-order chi connectivity index (χ0) is 16.9. The number of pyridine rings is 1. The second kappa shape index (κ2) is 7.08. The van der Waals surface area contributed by atoms with Crippen molar-refractivity contribution in [3.05, 3.63) is 66.5 Å². The fourth-order valence-corrected chi connectivity index (χ4v) is 2.89. The van der Waals surface area contributed by atoms with E-state index in [1.54, 1.807) is 29.4 Å². The molecule has 3 rings (SSSR count). The van der Waals surface area contributed by atoms with Crippen molar-refractivity contribution in [1.29, 1.82) is 0 Å². The summed E-state index contributed by atoms with van der Waals surface area (Å²) < 4.78 is 0. The molecule has 2 heterocycles. The van der Waals surface area contributed by atoms with Crippen LogP contribution < -0.4 is 10.2 Å². The fraction of sp³-hybridized carbons (Fsp3) is 0.211. The van der Waals surface area contributed by atoms with Crippen LogP contribution in [-0.4, -0.2) is 28.9 Å². The Labute approximate surface area is 141 Å². The highest BCUT2D eigenvalue weighted by molar-refractivity contribution is 6.03. The highest BCUT2D eigenvalue weighted by atomic mass is 16.2. The van der Waals surface area contributed by atoms with Crippen LogP contribution >= 0.6 is 0 Å². The Morgan fingerprint density at radius 2 is 2.04 bits per heavy atom. The van der Waals surface area contributed by atoms with E-state index < -0.39 is 6.04 Å². The molecule has 1 aromatic heterocycles. The molecular formula is C19H19N3O2. The Morgan fingerprint density at radius 3 is 2.75 bits per heavy atom. The number of amides is 2. The van der Waals surface area contributed by atoms with Gasteiger partial charge in [0.1, 0.15) is 6.04 Å². The monoisotopic (exact) mass is 321 g/mol. The van der Waals surface area contributed by atoms with Crippen LogP contribution in [0.2, 0.25) is 0 Å². The van der Waals surface area contributed by atoms with E-state index in [-0.39, 0.29) is 17.9 Å². The van der Waals surface area contributed by atoms with Crippen LogP contribution in [0, 0.1) is 0 Å². The van der Waals surface area contributed by atoms with Gasteiger partial charge in [0.05, 0.1) is 0 Å². The third-order valence-electron chi connectivity index (χ3n) is 4.02. The molecule has 2 atom stereocenters. The van der Waals surface area contributed by atoms with Gasteiger partial charge < -0.3 is 10.2 Å². The molecule has 0 radical (unpaired) electrons. The Kier molecular flexibility index (Phi) is 4.70. The number of rotatable bonds is 4. The summed E-state index contributed by atoms with van der Waals surface area (Å²) in [6.07, 6.45) is 7.05. The number of hydrogen-bond donors (Lipinski definition) is 1. The van der Waals surface area contributed by atoms with Gasteiger partial charge in [0.15, 0.2) is 0 Å². The zero-order valence-corrected chi connectivity index (χ0v) is 13.4. The molecule has 24 heavy (non-hydrogen) atoms. The van der Waals surface area contributed by atoms with E-state index in [1.165, 1.54) is 6.08 Å². The summed E-state index contributed by atoms with van der Waals surface area (Å²) in [5.74, 6) is -0.351. The van der Waals surface area contributed by atoms with Gasteiger partial charge in [-0.2, -0.15) is 0 Å². The number of hydrogen-bond acceptors (Lipinski definition) is 3. The molecule has 2 aromatic rings. The molecule has 1 aromatic carbocycles. The fourth-order valence-electron chi connectivity index (χ4n) is 2.89. The predicted molar refractivity (Wildman–Crippen MR) is 93.2 cm³/mol. The van der Waals surface area contributed by atoms with Crippen molar-refractivity contribution in [2.24, 2.45) is 0 Å². The standard InChI is InChI=1S/C19H19N3O2/c1-14-12-17(19(24)22(14)16-7-3-2-4-8-16)21-18(23)10-9-15-6-5-11-20-13-15/h2-11,13-14,17H,12H2,1H3,(H,21,23). The lowest BCUT2D eigenvalue weighted by Crippen LogP contribution is -2.41. The highest BCUT2D eigenvalue weighted by Crippen LogP contribution is 2.26. The summed E-state index contributed by atoms with van der Waals surface area (Å²) in [6.45, 7) is 1.99. The van der Waals surface area contributed by atoms with Gasteiger partial charge in [-0.25, -0.2) is 0 Å². The quantitative estimate of drug-likeness (QED) is 0.880. The van der Waals surface area contributed by atoms with Crippen LogP contribution in [0.1, 0.15) is 18.9 Å². The molecule has 122 valence electrons. The molecule has 1 fully saturated rings. The average Bonchev–Trinajstić information content (AvgIpc) is 2.88. The van der Waals surface area contributed by atoms with Gasteiger partial charge >= 0.3 is 0 Å². The summed E-state index contributed by atoms with van der Waals surface area (Å²) in [5.41, 5.74) is 1.70. The van der Waals surface area contributed by atoms with E-state index >= 15 is 0 Å². The minimum Gasteiger partial charge on any atom is -0.341 e. The van der Waals surface area contributed by atoms with Crippen LogP contribution in [0.4, 0.5) is 5.69 Å². The van der Waals surface area contributed by atoms with Crippen LogP contribution in [0.3, 0.4) is 0 Å². The van der Waals surface area contributed by atoms with Gasteiger partial charge in [0.2, 0.25) is 11.8 Å². The molecule has 1 aliphatic rings. The summed E-state index contributed by atoms with van der Waals surface area (Å²) in [7, 11) is 0. The average molecular weight is 321 g/mol. The molecule has 0 saturated carbocycles. The first-order valence-electron chi connectivity index (χ1n) is 7.92. The lowest BCUT2D eigenvalue weighted by molar-refractivity contribution is -0.123. The van der Waals surface area contributed by atoms with Crippen LogP contribution in [-0.2, 0) is 9.59 Å². The number of nitrogens with zero attached hydrogens (tertiary/aromatic N) is 2. The number of anilines is 1. The van der Waals surface area contributed by atoms with Crippen molar-refractivity contribution in [2.75, 3.05) is 4.90 Å². The van der Waals surface area contributed by atoms with Crippen LogP contribution in [0.5, 0.6) is 0 Å². The van der Waals surface area contributed by atoms with Crippen molar-refractivity contribution in [3.8, 4) is 0 Å². The van der Waals surface area contributed by atoms with Gasteiger partial charge in [0, 0.05) is 30.2 Å². The molecule has 5 nitrogen and oxygen atoms in total. The SMILES string of the molecule is CC1CC(NC(=O)C=Cc2cccnc2)C(=O)N1c1ccccc1. The van der Waals surface area contributed by atoms with Gasteiger partial charge in [-0.1, -0.05) is 24.3 Å². The normalized spacial score (nSPS) is 20.5. The van der Waals surface area contributed by atoms with Crippen LogP contribution in [0.15, 0.2) is 60.9 Å². The smallest absolute Gasteiger partial charge is 0.249 e. The van der Waals surface area contributed by atoms with E-state index in [2.05, 4.69) is 10.3 Å². The molecule has 0 aliphatic carbocycles. The lowest BCUT2D eigenvalue weighted by atomic mass is 10.2. The van der Waals surface area contributed by atoms with Gasteiger partial charge in [0.25, 0.3) is 0 Å². The Hall–Kier alpha value is -2.95. The summed E-state index contributed by atoms with van der Waals surface area (Å²) in [5, 5.41) is 2.79. The molecule has 1 N–H and O–H groups in total. The first-order valence-corrected chi connectivity index (χ1v) is 7.92. The van der Waals surface area contributed by atoms with Crippen molar-refractivity contribution in [3.63, 3.8) is 0 Å². The van der Waals surface area contributed by atoms with Crippen molar-refractivity contribution in [1.82, 2.24) is 10.3 Å². The third-order valence-corrected chi connectivity index (χ3v) is 4.02. The second-order valence-electron chi connectivity index (χ2n) is 5.81. The summed E-state index contributed by atoms with van der Waals surface area (Å²) in [4.78, 5) is 30.4. The molecule has 0 bridgehead atoms. The molecule has 2 amide bonds. The molecule has 1 aliphatic heterocycles. The van der Waals surface area contributed by atoms with Gasteiger partial charge in [-0.3, -0.25) is 14.6 Å². The number of aromatic nitrogens is 1. The van der Waals surface area contributed by atoms with Crippen molar-refractivity contribution < 1.29 is 9.59 Å². The lowest BCUT2D eigenvalue weighted by Gasteiger charge is -2.21. The number of para-hydroxylation sites is 1. The van der Waals surface area contributed by atoms with E-state index in [0.717, 1.165) is 11.3 Å². The largest absolute Gasteiger partial charge is 0.341 e. The van der Waals surface area contributed by atoms with E-state index in [1.807, 2.05) is 43.3 Å². The minimum absolute atomic E-state index is 0.0486. The first-order chi connectivity index (χ1) is 11.6. The van der Waals surface area contributed by atoms with E-state index in [9.17, 15) is 9.59 Å². The number of carbonyl (C=O) groups is 2. The number of benzene rings is 1. The van der Waals surface area contributed by atoms with E-state index in [0.29, 0.717) is 6.42 Å². The number of carbonyl (C=O) groups excluding carboxylic acids is 2. The maximum Gasteiger partial charge on any atom is 0.249 e. The number of nitrogens with one attached hydrogen (secondary N) is 1. The summed E-state index contributed by atoms with van der Waals surface area (Å²) in [6, 6.07) is 12.7. The minimum atomic E-state index is -0.494. The molecule has 5 heteroatoms. The highest BCUT2D eigenvalue weighted by Gasteiger charge is 2.38. The van der Waals surface area contributed by atoms with E-state index in [4.69, 9.17) is 0 Å². The predicted octanol–water partition coefficient (Wildman–Crippen LogP) is 2.41. The molecule has 1 saturated heterocycles. The van der Waals surface area contributed by atoms with Crippen molar-refractivity contribution in [2.45, 2.75) is 25.4 Å². The topological polar surface area (TPSA) is 62.3 Å². The second-order valence-corrected chi connectivity index (χ2v) is 5.81. The Morgan fingerprint density at radius 1 is 1.25 bits per heavy atom. The molecular weight excluding hydrogens is 302 g/mol. The van der Waals surface area contributed by atoms with Crippen molar-refractivity contribution >= 4 is 23.6 Å². The third kappa shape index (κ3) is 3.51. The molecule has 0 spiro atoms. The Balaban J connectivity index is 1.65. The van der Waals surface area contributed by atoms with Crippen LogP contribution in [0.25, 0.3) is 6.08 Å². The maximum atomic E-state index is 12.6. The Bertz CT molecular complexity index is 744. The van der Waals surface area contributed by atoms with Gasteiger partial charge in [-0.05, 0) is 43.2 Å². The first kappa shape index (κ1) is 15.9. The summed E-state index contributed by atoms with van der Waals surface area (Å²) >= 11 is 0. The maximum absolute atomic E-state index is 12.6. The molecule has 2 unspecified atom stereocenters.